The van der Waals surface area contributed by atoms with Crippen LogP contribution < -0.4 is 10.6 Å². The van der Waals surface area contributed by atoms with Crippen molar-refractivity contribution >= 4 is 39.0 Å². The van der Waals surface area contributed by atoms with E-state index in [1.54, 1.807) is 17.8 Å². The molecule has 7 heteroatoms. The van der Waals surface area contributed by atoms with Crippen LogP contribution in [-0.4, -0.2) is 21.1 Å². The van der Waals surface area contributed by atoms with Crippen LogP contribution in [0.1, 0.15) is 27.5 Å². The lowest BCUT2D eigenvalue weighted by Crippen LogP contribution is -2.15. The fraction of sp³-hybridized carbons (Fsp3) is 0.0400. The minimum Gasteiger partial charge on any atom is -0.359 e. The van der Waals surface area contributed by atoms with Crippen LogP contribution in [-0.2, 0) is 0 Å². The Labute approximate surface area is 189 Å². The van der Waals surface area contributed by atoms with Gasteiger partial charge in [-0.05, 0) is 34.0 Å². The van der Waals surface area contributed by atoms with Gasteiger partial charge >= 0.3 is 0 Å². The Balaban J connectivity index is 1.45. The zero-order chi connectivity index (χ0) is 21.8. The molecule has 0 spiro atoms. The van der Waals surface area contributed by atoms with Crippen molar-refractivity contribution in [1.82, 2.24) is 15.2 Å². The van der Waals surface area contributed by atoms with E-state index in [0.29, 0.717) is 16.5 Å². The van der Waals surface area contributed by atoms with Crippen LogP contribution in [0.3, 0.4) is 0 Å². The Morgan fingerprint density at radius 2 is 1.69 bits per heavy atom. The van der Waals surface area contributed by atoms with Crippen molar-refractivity contribution in [2.75, 3.05) is 10.6 Å². The monoisotopic (exact) mass is 437 g/mol. The van der Waals surface area contributed by atoms with E-state index < -0.39 is 0 Å². The topological polar surface area (TPSA) is 79.8 Å². The highest BCUT2D eigenvalue weighted by Crippen LogP contribution is 2.31. The highest BCUT2D eigenvalue weighted by Gasteiger charge is 2.17. The SMILES string of the molecule is O=C(Nc1nncs1)c1ccc(NC(c2ccccc2)c2cccc3ccccc23)nc1. The molecule has 0 aliphatic heterocycles. The second-order valence-corrected chi connectivity index (χ2v) is 8.02. The molecule has 0 radical (unpaired) electrons. The van der Waals surface area contributed by atoms with E-state index in [2.05, 4.69) is 74.3 Å². The van der Waals surface area contributed by atoms with Crippen LogP contribution in [0.4, 0.5) is 10.9 Å². The largest absolute Gasteiger partial charge is 0.359 e. The summed E-state index contributed by atoms with van der Waals surface area (Å²) in [7, 11) is 0. The summed E-state index contributed by atoms with van der Waals surface area (Å²) in [6.45, 7) is 0. The fourth-order valence-corrected chi connectivity index (χ4v) is 4.09. The van der Waals surface area contributed by atoms with Crippen LogP contribution >= 0.6 is 11.3 Å². The first-order valence-electron chi connectivity index (χ1n) is 10.1. The third kappa shape index (κ3) is 4.19. The number of amides is 1. The Morgan fingerprint density at radius 1 is 0.875 bits per heavy atom. The minimum atomic E-state index is -0.269. The average Bonchev–Trinajstić information content (AvgIpc) is 3.36. The molecule has 0 saturated carbocycles. The number of nitrogens with zero attached hydrogens (tertiary/aromatic N) is 3. The molecule has 5 aromatic rings. The summed E-state index contributed by atoms with van der Waals surface area (Å²) < 4.78 is 0. The standard InChI is InChI=1S/C25H19N5OS/c31-24(29-25-30-27-16-32-25)19-13-14-22(26-15-19)28-23(18-8-2-1-3-9-18)21-12-6-10-17-7-4-5-11-20(17)21/h1-16,23H,(H,26,28)(H,29,30,31). The molecule has 32 heavy (non-hydrogen) atoms. The number of nitrogens with one attached hydrogen (secondary N) is 2. The average molecular weight is 438 g/mol. The molecule has 5 rings (SSSR count). The van der Waals surface area contributed by atoms with Crippen LogP contribution in [0.15, 0.2) is 96.6 Å². The first-order valence-corrected chi connectivity index (χ1v) is 11.0. The molecule has 0 aliphatic rings. The summed E-state index contributed by atoms with van der Waals surface area (Å²) >= 11 is 1.27. The van der Waals surface area contributed by atoms with E-state index >= 15 is 0 Å². The first kappa shape index (κ1) is 19.8. The quantitative estimate of drug-likeness (QED) is 0.365. The summed E-state index contributed by atoms with van der Waals surface area (Å²) in [6.07, 6.45) is 1.56. The van der Waals surface area contributed by atoms with E-state index in [1.165, 1.54) is 22.1 Å². The van der Waals surface area contributed by atoms with E-state index in [9.17, 15) is 4.79 Å². The summed E-state index contributed by atoms with van der Waals surface area (Å²) in [5.41, 5.74) is 4.31. The molecule has 2 N–H and O–H groups in total. The third-order valence-corrected chi connectivity index (χ3v) is 5.77. The van der Waals surface area contributed by atoms with Gasteiger partial charge in [-0.2, -0.15) is 0 Å². The van der Waals surface area contributed by atoms with Crippen LogP contribution in [0, 0.1) is 0 Å². The molecule has 1 amide bonds. The molecule has 2 aromatic heterocycles. The molecule has 0 aliphatic carbocycles. The summed E-state index contributed by atoms with van der Waals surface area (Å²) in [5.74, 6) is 0.411. The van der Waals surface area contributed by atoms with Gasteiger partial charge in [-0.1, -0.05) is 84.1 Å². The van der Waals surface area contributed by atoms with E-state index in [4.69, 9.17) is 0 Å². The molecule has 2 heterocycles. The van der Waals surface area contributed by atoms with Crippen molar-refractivity contribution < 1.29 is 4.79 Å². The van der Waals surface area contributed by atoms with Crippen LogP contribution in [0.5, 0.6) is 0 Å². The number of hydrogen-bond donors (Lipinski definition) is 2. The van der Waals surface area contributed by atoms with E-state index in [1.807, 2.05) is 30.3 Å². The van der Waals surface area contributed by atoms with E-state index in [0.717, 1.165) is 11.1 Å². The minimum absolute atomic E-state index is 0.101. The molecule has 0 bridgehead atoms. The molecular formula is C25H19N5OS. The number of fused-ring (bicyclic) bond motifs is 1. The van der Waals surface area contributed by atoms with Gasteiger partial charge in [-0.3, -0.25) is 10.1 Å². The Hall–Kier alpha value is -4.10. The summed E-state index contributed by atoms with van der Waals surface area (Å²) in [6, 6.07) is 28.4. The van der Waals surface area contributed by atoms with Gasteiger partial charge in [-0.25, -0.2) is 4.98 Å². The smallest absolute Gasteiger partial charge is 0.259 e. The Morgan fingerprint density at radius 3 is 2.47 bits per heavy atom. The second kappa shape index (κ2) is 8.95. The predicted octanol–water partition coefficient (Wildman–Crippen LogP) is 5.54. The summed E-state index contributed by atoms with van der Waals surface area (Å²) in [5, 5.41) is 16.7. The number of hydrogen-bond acceptors (Lipinski definition) is 6. The van der Waals surface area contributed by atoms with Crippen LogP contribution in [0.2, 0.25) is 0 Å². The molecule has 0 fully saturated rings. The van der Waals surface area contributed by atoms with Gasteiger partial charge < -0.3 is 5.32 Å². The van der Waals surface area contributed by atoms with Crippen molar-refractivity contribution in [3.8, 4) is 0 Å². The normalized spacial score (nSPS) is 11.8. The number of carbonyl (C=O) groups is 1. The Kier molecular flexibility index (Phi) is 5.55. The maximum atomic E-state index is 12.4. The Bertz CT molecular complexity index is 1330. The van der Waals surface area contributed by atoms with Gasteiger partial charge in [0.25, 0.3) is 5.91 Å². The lowest BCUT2D eigenvalue weighted by molar-refractivity contribution is 0.102. The zero-order valence-electron chi connectivity index (χ0n) is 17.0. The molecule has 3 aromatic carbocycles. The molecular weight excluding hydrogens is 418 g/mol. The first-order chi connectivity index (χ1) is 15.8. The predicted molar refractivity (Wildman–Crippen MR) is 128 cm³/mol. The number of benzene rings is 3. The molecule has 1 atom stereocenters. The van der Waals surface area contributed by atoms with Gasteiger partial charge in [0.15, 0.2) is 0 Å². The number of rotatable bonds is 6. The highest BCUT2D eigenvalue weighted by molar-refractivity contribution is 7.13. The zero-order valence-corrected chi connectivity index (χ0v) is 17.8. The van der Waals surface area contributed by atoms with Crippen molar-refractivity contribution in [1.29, 1.82) is 0 Å². The third-order valence-electron chi connectivity index (χ3n) is 5.17. The maximum absolute atomic E-state index is 12.4. The second-order valence-electron chi connectivity index (χ2n) is 7.19. The lowest BCUT2D eigenvalue weighted by atomic mass is 9.93. The number of carbonyl (C=O) groups excluding carboxylic acids is 1. The van der Waals surface area contributed by atoms with Gasteiger partial charge in [0.05, 0.1) is 11.6 Å². The van der Waals surface area contributed by atoms with Crippen molar-refractivity contribution in [2.24, 2.45) is 0 Å². The number of aromatic nitrogens is 3. The van der Waals surface area contributed by atoms with Gasteiger partial charge in [0, 0.05) is 6.20 Å². The molecule has 6 nitrogen and oxygen atoms in total. The highest BCUT2D eigenvalue weighted by atomic mass is 32.1. The molecule has 1 unspecified atom stereocenters. The van der Waals surface area contributed by atoms with Crippen molar-refractivity contribution in [2.45, 2.75) is 6.04 Å². The maximum Gasteiger partial charge on any atom is 0.259 e. The van der Waals surface area contributed by atoms with Crippen molar-refractivity contribution in [3.63, 3.8) is 0 Å². The molecule has 0 saturated heterocycles. The van der Waals surface area contributed by atoms with Gasteiger partial charge in [0.1, 0.15) is 11.3 Å². The van der Waals surface area contributed by atoms with Crippen molar-refractivity contribution in [3.05, 3.63) is 113 Å². The number of pyridine rings is 1. The fourth-order valence-electron chi connectivity index (χ4n) is 3.65. The number of anilines is 2. The lowest BCUT2D eigenvalue weighted by Gasteiger charge is -2.22. The summed E-state index contributed by atoms with van der Waals surface area (Å²) in [4.78, 5) is 16.9. The van der Waals surface area contributed by atoms with Crippen LogP contribution in [0.25, 0.3) is 10.8 Å². The molecule has 156 valence electrons. The van der Waals surface area contributed by atoms with E-state index in [-0.39, 0.29) is 11.9 Å². The van der Waals surface area contributed by atoms with Gasteiger partial charge in [0.2, 0.25) is 5.13 Å². The van der Waals surface area contributed by atoms with Gasteiger partial charge in [-0.15, -0.1) is 10.2 Å².